The van der Waals surface area contributed by atoms with Crippen molar-refractivity contribution in [1.29, 1.82) is 0 Å². The SMILES string of the molecule is CCSC1CCC(NS(=O)(=O)c2cccnc2N)C1. The van der Waals surface area contributed by atoms with Crippen molar-refractivity contribution in [2.24, 2.45) is 0 Å². The number of thioether (sulfide) groups is 1. The summed E-state index contributed by atoms with van der Waals surface area (Å²) in [5, 5.41) is 0.559. The monoisotopic (exact) mass is 301 g/mol. The minimum Gasteiger partial charge on any atom is -0.383 e. The summed E-state index contributed by atoms with van der Waals surface area (Å²) in [5.74, 6) is 1.12. The second-order valence-electron chi connectivity index (χ2n) is 4.60. The fourth-order valence-corrected chi connectivity index (χ4v) is 4.86. The zero-order valence-electron chi connectivity index (χ0n) is 10.9. The molecule has 1 aromatic rings. The molecule has 19 heavy (non-hydrogen) atoms. The van der Waals surface area contributed by atoms with Crippen LogP contribution >= 0.6 is 11.8 Å². The molecule has 0 spiro atoms. The van der Waals surface area contributed by atoms with Crippen LogP contribution in [-0.4, -0.2) is 30.4 Å². The van der Waals surface area contributed by atoms with Gasteiger partial charge in [0, 0.05) is 17.5 Å². The summed E-state index contributed by atoms with van der Waals surface area (Å²) in [4.78, 5) is 3.89. The smallest absolute Gasteiger partial charge is 0.244 e. The van der Waals surface area contributed by atoms with Crippen molar-refractivity contribution < 1.29 is 8.42 Å². The van der Waals surface area contributed by atoms with Gasteiger partial charge in [-0.05, 0) is 37.1 Å². The fourth-order valence-electron chi connectivity index (χ4n) is 2.35. The Morgan fingerprint density at radius 1 is 1.53 bits per heavy atom. The van der Waals surface area contributed by atoms with Crippen molar-refractivity contribution in [1.82, 2.24) is 9.71 Å². The van der Waals surface area contributed by atoms with E-state index in [9.17, 15) is 8.42 Å². The van der Waals surface area contributed by atoms with Crippen molar-refractivity contribution in [2.75, 3.05) is 11.5 Å². The number of nitrogens with two attached hydrogens (primary N) is 1. The lowest BCUT2D eigenvalue weighted by Crippen LogP contribution is -2.33. The fraction of sp³-hybridized carbons (Fsp3) is 0.583. The Kier molecular flexibility index (Phi) is 4.70. The van der Waals surface area contributed by atoms with Gasteiger partial charge in [-0.1, -0.05) is 6.92 Å². The van der Waals surface area contributed by atoms with Gasteiger partial charge in [0.15, 0.2) is 0 Å². The topological polar surface area (TPSA) is 85.1 Å². The quantitative estimate of drug-likeness (QED) is 0.863. The Hall–Kier alpha value is -0.790. The Balaban J connectivity index is 2.05. The lowest BCUT2D eigenvalue weighted by Gasteiger charge is -2.14. The van der Waals surface area contributed by atoms with Gasteiger partial charge in [-0.25, -0.2) is 18.1 Å². The first-order valence-corrected chi connectivity index (χ1v) is 8.90. The molecule has 0 aliphatic heterocycles. The van der Waals surface area contributed by atoms with Crippen molar-refractivity contribution in [2.45, 2.75) is 42.4 Å². The van der Waals surface area contributed by atoms with Gasteiger partial charge >= 0.3 is 0 Å². The van der Waals surface area contributed by atoms with E-state index < -0.39 is 10.0 Å². The molecule has 0 aromatic carbocycles. The number of hydrogen-bond donors (Lipinski definition) is 2. The molecule has 0 radical (unpaired) electrons. The van der Waals surface area contributed by atoms with Crippen LogP contribution in [0, 0.1) is 0 Å². The molecule has 106 valence electrons. The molecule has 2 rings (SSSR count). The molecule has 0 saturated heterocycles. The largest absolute Gasteiger partial charge is 0.383 e. The van der Waals surface area contributed by atoms with E-state index >= 15 is 0 Å². The highest BCUT2D eigenvalue weighted by Gasteiger charge is 2.29. The molecule has 1 aliphatic carbocycles. The maximum atomic E-state index is 12.2. The summed E-state index contributed by atoms with van der Waals surface area (Å²) >= 11 is 1.90. The molecule has 7 heteroatoms. The summed E-state index contributed by atoms with van der Waals surface area (Å²) in [7, 11) is -3.56. The number of aromatic nitrogens is 1. The lowest BCUT2D eigenvalue weighted by molar-refractivity contribution is 0.552. The van der Waals surface area contributed by atoms with Gasteiger partial charge in [0.2, 0.25) is 10.0 Å². The third kappa shape index (κ3) is 3.61. The summed E-state index contributed by atoms with van der Waals surface area (Å²) in [6.45, 7) is 2.12. The molecular formula is C12H19N3O2S2. The Labute approximate surface area is 118 Å². The van der Waals surface area contributed by atoms with Crippen molar-refractivity contribution in [3.8, 4) is 0 Å². The van der Waals surface area contributed by atoms with E-state index in [0.717, 1.165) is 25.0 Å². The first-order valence-electron chi connectivity index (χ1n) is 6.37. The van der Waals surface area contributed by atoms with E-state index in [1.807, 2.05) is 11.8 Å². The summed E-state index contributed by atoms with van der Waals surface area (Å²) in [6.07, 6.45) is 4.32. The molecule has 1 aromatic heterocycles. The minimum absolute atomic E-state index is 0.00801. The predicted molar refractivity (Wildman–Crippen MR) is 78.5 cm³/mol. The van der Waals surface area contributed by atoms with Gasteiger partial charge in [-0.2, -0.15) is 11.8 Å². The number of nitrogen functional groups attached to an aromatic ring is 1. The second-order valence-corrected chi connectivity index (χ2v) is 7.86. The van der Waals surface area contributed by atoms with Crippen molar-refractivity contribution in [3.63, 3.8) is 0 Å². The standard InChI is InChI=1S/C12H19N3O2S2/c1-2-18-10-6-5-9(8-10)15-19(16,17)11-4-3-7-14-12(11)13/h3-4,7,9-10,15H,2,5-6,8H2,1H3,(H2,13,14). The van der Waals surface area contributed by atoms with E-state index in [1.165, 1.54) is 12.3 Å². The Bertz CT molecular complexity index is 534. The number of nitrogens with one attached hydrogen (secondary N) is 1. The highest BCUT2D eigenvalue weighted by Crippen LogP contribution is 2.30. The zero-order chi connectivity index (χ0) is 13.9. The number of hydrogen-bond acceptors (Lipinski definition) is 5. The normalized spacial score (nSPS) is 23.6. The number of anilines is 1. The summed E-state index contributed by atoms with van der Waals surface area (Å²) in [5.41, 5.74) is 5.62. The average molecular weight is 301 g/mol. The molecular weight excluding hydrogens is 282 g/mol. The molecule has 1 saturated carbocycles. The van der Waals surface area contributed by atoms with E-state index in [4.69, 9.17) is 5.73 Å². The van der Waals surface area contributed by atoms with Gasteiger partial charge in [0.1, 0.15) is 10.7 Å². The molecule has 0 bridgehead atoms. The van der Waals surface area contributed by atoms with Gasteiger partial charge in [-0.3, -0.25) is 0 Å². The summed E-state index contributed by atoms with van der Waals surface area (Å²) in [6, 6.07) is 3.07. The molecule has 1 aliphatic rings. The van der Waals surface area contributed by atoms with Crippen molar-refractivity contribution in [3.05, 3.63) is 18.3 Å². The average Bonchev–Trinajstić information content (AvgIpc) is 2.76. The zero-order valence-corrected chi connectivity index (χ0v) is 12.5. The Morgan fingerprint density at radius 2 is 2.32 bits per heavy atom. The van der Waals surface area contributed by atoms with Crippen LogP contribution < -0.4 is 10.5 Å². The van der Waals surface area contributed by atoms with E-state index in [0.29, 0.717) is 5.25 Å². The molecule has 5 nitrogen and oxygen atoms in total. The van der Waals surface area contributed by atoms with Crippen LogP contribution in [0.15, 0.2) is 23.2 Å². The van der Waals surface area contributed by atoms with E-state index in [1.54, 1.807) is 6.07 Å². The summed E-state index contributed by atoms with van der Waals surface area (Å²) < 4.78 is 27.2. The van der Waals surface area contributed by atoms with E-state index in [2.05, 4.69) is 16.6 Å². The number of pyridine rings is 1. The van der Waals surface area contributed by atoms with Crippen LogP contribution in [0.3, 0.4) is 0 Å². The van der Waals surface area contributed by atoms with Gasteiger partial charge in [-0.15, -0.1) is 0 Å². The molecule has 1 heterocycles. The molecule has 0 amide bonds. The maximum Gasteiger partial charge on any atom is 0.244 e. The molecule has 1 fully saturated rings. The number of nitrogens with zero attached hydrogens (tertiary/aromatic N) is 1. The lowest BCUT2D eigenvalue weighted by atomic mass is 10.3. The second kappa shape index (κ2) is 6.11. The van der Waals surface area contributed by atoms with Crippen LogP contribution in [0.25, 0.3) is 0 Å². The molecule has 3 N–H and O–H groups in total. The molecule has 2 atom stereocenters. The minimum atomic E-state index is -3.56. The van der Waals surface area contributed by atoms with E-state index in [-0.39, 0.29) is 16.8 Å². The Morgan fingerprint density at radius 3 is 3.00 bits per heavy atom. The number of sulfonamides is 1. The maximum absolute atomic E-state index is 12.2. The number of rotatable bonds is 5. The van der Waals surface area contributed by atoms with Crippen LogP contribution in [0.5, 0.6) is 0 Å². The van der Waals surface area contributed by atoms with Gasteiger partial charge < -0.3 is 5.73 Å². The van der Waals surface area contributed by atoms with Gasteiger partial charge in [0.25, 0.3) is 0 Å². The van der Waals surface area contributed by atoms with Crippen molar-refractivity contribution >= 4 is 27.6 Å². The third-order valence-electron chi connectivity index (χ3n) is 3.20. The van der Waals surface area contributed by atoms with Crippen LogP contribution in [0.4, 0.5) is 5.82 Å². The molecule has 2 unspecified atom stereocenters. The highest BCUT2D eigenvalue weighted by molar-refractivity contribution is 7.99. The van der Waals surface area contributed by atoms with Crippen LogP contribution in [0.1, 0.15) is 26.2 Å². The predicted octanol–water partition coefficient (Wildman–Crippen LogP) is 1.62. The van der Waals surface area contributed by atoms with Crippen LogP contribution in [-0.2, 0) is 10.0 Å². The highest BCUT2D eigenvalue weighted by atomic mass is 32.2. The first-order chi connectivity index (χ1) is 9.03. The first kappa shape index (κ1) is 14.6. The van der Waals surface area contributed by atoms with Gasteiger partial charge in [0.05, 0.1) is 0 Å². The third-order valence-corrected chi connectivity index (χ3v) is 6.00. The van der Waals surface area contributed by atoms with Crippen LogP contribution in [0.2, 0.25) is 0 Å².